The number of hydrazone groups is 1. The first kappa shape index (κ1) is 19.6. The van der Waals surface area contributed by atoms with Gasteiger partial charge >= 0.3 is 0 Å². The zero-order chi connectivity index (χ0) is 19.9. The number of thiazole rings is 1. The fourth-order valence-electron chi connectivity index (χ4n) is 2.62. The Kier molecular flexibility index (Phi) is 6.39. The molecule has 0 fully saturated rings. The zero-order valence-corrected chi connectivity index (χ0v) is 16.6. The van der Waals surface area contributed by atoms with Crippen molar-refractivity contribution in [2.24, 2.45) is 5.10 Å². The average Bonchev–Trinajstić information content (AvgIpc) is 3.08. The molecule has 0 unspecified atom stereocenters. The Balaban J connectivity index is 1.61. The maximum atomic E-state index is 12.3. The van der Waals surface area contributed by atoms with Crippen molar-refractivity contribution in [1.29, 1.82) is 0 Å². The molecule has 6 nitrogen and oxygen atoms in total. The molecule has 0 aliphatic heterocycles. The van der Waals surface area contributed by atoms with Crippen molar-refractivity contribution in [2.45, 2.75) is 26.9 Å². The van der Waals surface area contributed by atoms with Crippen molar-refractivity contribution in [1.82, 2.24) is 10.4 Å². The summed E-state index contributed by atoms with van der Waals surface area (Å²) in [4.78, 5) is 16.9. The van der Waals surface area contributed by atoms with Crippen molar-refractivity contribution in [3.05, 3.63) is 75.8 Å². The number of nitrogen functional groups attached to an aromatic ring is 1. The molecule has 0 aliphatic rings. The largest absolute Gasteiger partial charge is 0.489 e. The van der Waals surface area contributed by atoms with Gasteiger partial charge in [-0.2, -0.15) is 5.10 Å². The van der Waals surface area contributed by atoms with Crippen LogP contribution in [-0.4, -0.2) is 17.1 Å². The van der Waals surface area contributed by atoms with E-state index in [2.05, 4.69) is 28.5 Å². The summed E-state index contributed by atoms with van der Waals surface area (Å²) in [5.41, 5.74) is 12.0. The van der Waals surface area contributed by atoms with Crippen LogP contribution in [0, 0.1) is 6.92 Å². The van der Waals surface area contributed by atoms with Crippen LogP contribution >= 0.6 is 11.3 Å². The van der Waals surface area contributed by atoms with Crippen molar-refractivity contribution in [3.8, 4) is 5.75 Å². The van der Waals surface area contributed by atoms with Crippen molar-refractivity contribution in [3.63, 3.8) is 0 Å². The lowest BCUT2D eigenvalue weighted by Gasteiger charge is -2.09. The fraction of sp³-hybridized carbons (Fsp3) is 0.190. The maximum Gasteiger partial charge on any atom is 0.283 e. The number of aryl methyl sites for hydroxylation is 2. The minimum Gasteiger partial charge on any atom is -0.489 e. The number of nitrogens with zero attached hydrogens (tertiary/aromatic N) is 2. The number of amides is 1. The number of hydrogen-bond acceptors (Lipinski definition) is 6. The van der Waals surface area contributed by atoms with Gasteiger partial charge in [-0.1, -0.05) is 54.7 Å². The maximum absolute atomic E-state index is 12.3. The lowest BCUT2D eigenvalue weighted by Crippen LogP contribution is -2.17. The van der Waals surface area contributed by atoms with Gasteiger partial charge in [-0.25, -0.2) is 10.4 Å². The van der Waals surface area contributed by atoms with Gasteiger partial charge in [0.25, 0.3) is 5.91 Å². The lowest BCUT2D eigenvalue weighted by molar-refractivity contribution is 0.0958. The normalized spacial score (nSPS) is 10.9. The van der Waals surface area contributed by atoms with E-state index in [0.29, 0.717) is 28.7 Å². The number of rotatable bonds is 7. The Hall–Kier alpha value is -3.19. The zero-order valence-electron chi connectivity index (χ0n) is 15.8. The molecule has 0 bridgehead atoms. The second-order valence-corrected chi connectivity index (χ2v) is 7.20. The predicted molar refractivity (Wildman–Crippen MR) is 113 cm³/mol. The SMILES string of the molecule is CCc1nc(N)sc1C(=O)N/N=C/c1cccc(OCc2ccccc2C)c1. The monoisotopic (exact) mass is 394 g/mol. The third-order valence-electron chi connectivity index (χ3n) is 4.15. The summed E-state index contributed by atoms with van der Waals surface area (Å²) in [6, 6.07) is 15.6. The molecular weight excluding hydrogens is 372 g/mol. The molecule has 3 aromatic rings. The molecule has 2 aromatic carbocycles. The molecule has 0 radical (unpaired) electrons. The molecule has 1 aromatic heterocycles. The molecule has 144 valence electrons. The van der Waals surface area contributed by atoms with Gasteiger partial charge in [0.15, 0.2) is 5.13 Å². The average molecular weight is 395 g/mol. The molecule has 0 spiro atoms. The van der Waals surface area contributed by atoms with E-state index in [0.717, 1.165) is 28.2 Å². The molecule has 1 heterocycles. The Morgan fingerprint density at radius 1 is 1.29 bits per heavy atom. The van der Waals surface area contributed by atoms with Crippen molar-refractivity contribution in [2.75, 3.05) is 5.73 Å². The van der Waals surface area contributed by atoms with Crippen LogP contribution in [0.25, 0.3) is 0 Å². The van der Waals surface area contributed by atoms with E-state index in [-0.39, 0.29) is 5.91 Å². The van der Waals surface area contributed by atoms with Crippen LogP contribution in [0.1, 0.15) is 39.0 Å². The van der Waals surface area contributed by atoms with E-state index in [1.54, 1.807) is 6.21 Å². The third-order valence-corrected chi connectivity index (χ3v) is 5.07. The number of hydrogen-bond donors (Lipinski definition) is 2. The topological polar surface area (TPSA) is 89.6 Å². The number of ether oxygens (including phenoxy) is 1. The summed E-state index contributed by atoms with van der Waals surface area (Å²) in [5, 5.41) is 4.41. The van der Waals surface area contributed by atoms with Crippen LogP contribution in [0.4, 0.5) is 5.13 Å². The second-order valence-electron chi connectivity index (χ2n) is 6.17. The first-order chi connectivity index (χ1) is 13.6. The molecule has 7 heteroatoms. The molecule has 0 saturated heterocycles. The Bertz CT molecular complexity index is 998. The predicted octanol–water partition coefficient (Wildman–Crippen LogP) is 3.94. The first-order valence-corrected chi connectivity index (χ1v) is 9.74. The van der Waals surface area contributed by atoms with Crippen LogP contribution in [0.15, 0.2) is 53.6 Å². The van der Waals surface area contributed by atoms with Crippen LogP contribution in [0.5, 0.6) is 5.75 Å². The number of benzene rings is 2. The number of nitrogens with two attached hydrogens (primary N) is 1. The van der Waals surface area contributed by atoms with E-state index in [4.69, 9.17) is 10.5 Å². The van der Waals surface area contributed by atoms with Crippen molar-refractivity contribution >= 4 is 28.6 Å². The summed E-state index contributed by atoms with van der Waals surface area (Å²) in [6.07, 6.45) is 2.22. The lowest BCUT2D eigenvalue weighted by atomic mass is 10.1. The summed E-state index contributed by atoms with van der Waals surface area (Å²) in [7, 11) is 0. The summed E-state index contributed by atoms with van der Waals surface area (Å²) in [5.74, 6) is 0.427. The van der Waals surface area contributed by atoms with Gasteiger partial charge in [0.2, 0.25) is 0 Å². The van der Waals surface area contributed by atoms with E-state index in [1.807, 2.05) is 49.4 Å². The standard InChI is InChI=1S/C21H22N4O2S/c1-3-18-19(28-21(22)24-18)20(26)25-23-12-15-8-6-10-17(11-15)27-13-16-9-5-4-7-14(16)2/h4-12H,3,13H2,1-2H3,(H2,22,24)(H,25,26)/b23-12+. The van der Waals surface area contributed by atoms with E-state index in [9.17, 15) is 4.79 Å². The minimum atomic E-state index is -0.311. The number of carbonyl (C=O) groups excluding carboxylic acids is 1. The summed E-state index contributed by atoms with van der Waals surface area (Å²) in [6.45, 7) is 4.48. The smallest absolute Gasteiger partial charge is 0.283 e. The molecule has 0 aliphatic carbocycles. The minimum absolute atomic E-state index is 0.311. The number of carbonyl (C=O) groups is 1. The molecule has 1 amide bonds. The number of aromatic nitrogens is 1. The van der Waals surface area contributed by atoms with Crippen molar-refractivity contribution < 1.29 is 9.53 Å². The van der Waals surface area contributed by atoms with Crippen LogP contribution < -0.4 is 15.9 Å². The highest BCUT2D eigenvalue weighted by molar-refractivity contribution is 7.17. The number of anilines is 1. The summed E-state index contributed by atoms with van der Waals surface area (Å²) < 4.78 is 5.87. The number of nitrogens with one attached hydrogen (secondary N) is 1. The van der Waals surface area contributed by atoms with Gasteiger partial charge in [-0.15, -0.1) is 0 Å². The highest BCUT2D eigenvalue weighted by Gasteiger charge is 2.15. The Morgan fingerprint density at radius 3 is 2.89 bits per heavy atom. The Labute approximate surface area is 168 Å². The van der Waals surface area contributed by atoms with Crippen LogP contribution in [-0.2, 0) is 13.0 Å². The van der Waals surface area contributed by atoms with Gasteiger partial charge in [0, 0.05) is 0 Å². The molecule has 28 heavy (non-hydrogen) atoms. The highest BCUT2D eigenvalue weighted by atomic mass is 32.1. The Morgan fingerprint density at radius 2 is 2.11 bits per heavy atom. The molecule has 3 N–H and O–H groups in total. The van der Waals surface area contributed by atoms with Gasteiger partial charge in [0.1, 0.15) is 17.2 Å². The van der Waals surface area contributed by atoms with Crippen LogP contribution in [0.3, 0.4) is 0 Å². The van der Waals surface area contributed by atoms with E-state index >= 15 is 0 Å². The third kappa shape index (κ3) is 4.95. The molecule has 0 saturated carbocycles. The van der Waals surface area contributed by atoms with E-state index in [1.165, 1.54) is 5.56 Å². The second kappa shape index (κ2) is 9.14. The van der Waals surface area contributed by atoms with Crippen LogP contribution in [0.2, 0.25) is 0 Å². The van der Waals surface area contributed by atoms with E-state index < -0.39 is 0 Å². The highest BCUT2D eigenvalue weighted by Crippen LogP contribution is 2.20. The van der Waals surface area contributed by atoms with Gasteiger partial charge < -0.3 is 10.5 Å². The summed E-state index contributed by atoms with van der Waals surface area (Å²) >= 11 is 1.16. The quantitative estimate of drug-likeness (QED) is 0.469. The first-order valence-electron chi connectivity index (χ1n) is 8.92. The molecular formula is C21H22N4O2S. The van der Waals surface area contributed by atoms with Gasteiger partial charge in [-0.3, -0.25) is 4.79 Å². The molecule has 3 rings (SSSR count). The van der Waals surface area contributed by atoms with Gasteiger partial charge in [-0.05, 0) is 42.2 Å². The fourth-order valence-corrected chi connectivity index (χ4v) is 3.43. The van der Waals surface area contributed by atoms with Gasteiger partial charge in [0.05, 0.1) is 11.9 Å². The molecule has 0 atom stereocenters.